The highest BCUT2D eigenvalue weighted by Gasteiger charge is 2.05. The second kappa shape index (κ2) is 6.26. The average Bonchev–Trinajstić information content (AvgIpc) is 3.02. The van der Waals surface area contributed by atoms with Crippen molar-refractivity contribution in [1.29, 1.82) is 0 Å². The molecule has 1 amide bonds. The molecular formula is C20H14N2OS. The zero-order valence-corrected chi connectivity index (χ0v) is 13.6. The molecule has 0 fully saturated rings. The summed E-state index contributed by atoms with van der Waals surface area (Å²) in [5, 5.41) is 5.73. The standard InChI is InChI=1S/C20H14N2OS/c23-19(22-20-21-17-10-3-4-11-18(17)24-20)13-12-15-8-5-7-14-6-1-2-9-16(14)15/h1-13H,(H,21,22,23). The van der Waals surface area contributed by atoms with Gasteiger partial charge >= 0.3 is 0 Å². The Bertz CT molecular complexity index is 1030. The SMILES string of the molecule is O=C(C=Cc1cccc2ccccc12)Nc1nc2ccccc2s1. The van der Waals surface area contributed by atoms with Crippen molar-refractivity contribution in [3.63, 3.8) is 0 Å². The summed E-state index contributed by atoms with van der Waals surface area (Å²) < 4.78 is 1.06. The van der Waals surface area contributed by atoms with Crippen LogP contribution in [0.3, 0.4) is 0 Å². The van der Waals surface area contributed by atoms with Gasteiger partial charge in [-0.3, -0.25) is 10.1 Å². The molecule has 24 heavy (non-hydrogen) atoms. The molecule has 0 spiro atoms. The number of hydrogen-bond donors (Lipinski definition) is 1. The summed E-state index contributed by atoms with van der Waals surface area (Å²) in [5.74, 6) is -0.179. The first-order valence-corrected chi connectivity index (χ1v) is 8.44. The van der Waals surface area contributed by atoms with Gasteiger partial charge in [0.2, 0.25) is 5.91 Å². The van der Waals surface area contributed by atoms with Crippen LogP contribution in [0.1, 0.15) is 5.56 Å². The number of carbonyl (C=O) groups excluding carboxylic acids is 1. The molecule has 0 aliphatic carbocycles. The quantitative estimate of drug-likeness (QED) is 0.531. The molecule has 0 aliphatic heterocycles. The number of aromatic nitrogens is 1. The van der Waals surface area contributed by atoms with E-state index in [0.717, 1.165) is 26.6 Å². The lowest BCUT2D eigenvalue weighted by Crippen LogP contribution is -2.07. The predicted molar refractivity (Wildman–Crippen MR) is 101 cm³/mol. The minimum Gasteiger partial charge on any atom is -0.298 e. The molecule has 0 saturated heterocycles. The first kappa shape index (κ1) is 14.6. The number of hydrogen-bond acceptors (Lipinski definition) is 3. The first-order valence-electron chi connectivity index (χ1n) is 7.62. The Labute approximate surface area is 143 Å². The number of rotatable bonds is 3. The van der Waals surface area contributed by atoms with Gasteiger partial charge in [0, 0.05) is 6.08 Å². The highest BCUT2D eigenvalue weighted by molar-refractivity contribution is 7.22. The Kier molecular flexibility index (Phi) is 3.81. The Morgan fingerprint density at radius 2 is 1.75 bits per heavy atom. The fourth-order valence-electron chi connectivity index (χ4n) is 2.63. The van der Waals surface area contributed by atoms with Gasteiger partial charge in [0.05, 0.1) is 10.2 Å². The first-order chi connectivity index (χ1) is 11.8. The van der Waals surface area contributed by atoms with Crippen LogP contribution in [-0.2, 0) is 4.79 Å². The maximum atomic E-state index is 12.2. The molecule has 0 bridgehead atoms. The molecule has 0 radical (unpaired) electrons. The molecule has 116 valence electrons. The number of carbonyl (C=O) groups is 1. The molecule has 1 N–H and O–H groups in total. The number of anilines is 1. The predicted octanol–water partition coefficient (Wildman–Crippen LogP) is 5.10. The van der Waals surface area contributed by atoms with Gasteiger partial charge in [0.25, 0.3) is 0 Å². The topological polar surface area (TPSA) is 42.0 Å². The van der Waals surface area contributed by atoms with Gasteiger partial charge in [-0.05, 0) is 34.5 Å². The summed E-state index contributed by atoms with van der Waals surface area (Å²) in [7, 11) is 0. The molecule has 4 aromatic rings. The number of thiazole rings is 1. The van der Waals surface area contributed by atoms with E-state index in [-0.39, 0.29) is 5.91 Å². The fraction of sp³-hybridized carbons (Fsp3) is 0. The van der Waals surface area contributed by atoms with Crippen LogP contribution in [0.15, 0.2) is 72.8 Å². The highest BCUT2D eigenvalue weighted by atomic mass is 32.1. The Balaban J connectivity index is 1.55. The van der Waals surface area contributed by atoms with Crippen molar-refractivity contribution in [1.82, 2.24) is 4.98 Å². The third kappa shape index (κ3) is 2.92. The summed E-state index contributed by atoms with van der Waals surface area (Å²) in [4.78, 5) is 16.6. The van der Waals surface area contributed by atoms with Gasteiger partial charge in [0.1, 0.15) is 0 Å². The van der Waals surface area contributed by atoms with E-state index in [0.29, 0.717) is 5.13 Å². The number of benzene rings is 3. The molecule has 4 rings (SSSR count). The van der Waals surface area contributed by atoms with Crippen LogP contribution in [0.5, 0.6) is 0 Å². The van der Waals surface area contributed by atoms with E-state index in [1.165, 1.54) is 11.3 Å². The van der Waals surface area contributed by atoms with Crippen LogP contribution >= 0.6 is 11.3 Å². The van der Waals surface area contributed by atoms with Gasteiger partial charge in [0.15, 0.2) is 5.13 Å². The van der Waals surface area contributed by atoms with Crippen LogP contribution in [0, 0.1) is 0 Å². The zero-order valence-electron chi connectivity index (χ0n) is 12.8. The minimum absolute atomic E-state index is 0.179. The summed E-state index contributed by atoms with van der Waals surface area (Å²) in [6.07, 6.45) is 3.39. The average molecular weight is 330 g/mol. The molecule has 0 aliphatic rings. The maximum Gasteiger partial charge on any atom is 0.250 e. The minimum atomic E-state index is -0.179. The number of amides is 1. The van der Waals surface area contributed by atoms with E-state index in [1.54, 1.807) is 6.08 Å². The summed E-state index contributed by atoms with van der Waals surface area (Å²) in [6.45, 7) is 0. The van der Waals surface area contributed by atoms with Crippen molar-refractivity contribution in [2.75, 3.05) is 5.32 Å². The molecule has 4 heteroatoms. The maximum absolute atomic E-state index is 12.2. The van der Waals surface area contributed by atoms with E-state index in [2.05, 4.69) is 28.5 Å². The van der Waals surface area contributed by atoms with Gasteiger partial charge < -0.3 is 0 Å². The largest absolute Gasteiger partial charge is 0.298 e. The number of fused-ring (bicyclic) bond motifs is 2. The van der Waals surface area contributed by atoms with Gasteiger partial charge in [-0.2, -0.15) is 0 Å². The Hall–Kier alpha value is -2.98. The molecule has 1 heterocycles. The summed E-state index contributed by atoms with van der Waals surface area (Å²) in [6, 6.07) is 22.0. The van der Waals surface area contributed by atoms with E-state index in [1.807, 2.05) is 54.6 Å². The van der Waals surface area contributed by atoms with Crippen molar-refractivity contribution in [3.8, 4) is 0 Å². The van der Waals surface area contributed by atoms with Crippen LogP contribution in [-0.4, -0.2) is 10.9 Å². The van der Waals surface area contributed by atoms with Gasteiger partial charge in [-0.1, -0.05) is 65.9 Å². The number of para-hydroxylation sites is 1. The highest BCUT2D eigenvalue weighted by Crippen LogP contribution is 2.25. The second-order valence-electron chi connectivity index (χ2n) is 5.38. The summed E-state index contributed by atoms with van der Waals surface area (Å²) >= 11 is 1.47. The Morgan fingerprint density at radius 1 is 0.958 bits per heavy atom. The monoisotopic (exact) mass is 330 g/mol. The lowest BCUT2D eigenvalue weighted by molar-refractivity contribution is -0.111. The van der Waals surface area contributed by atoms with E-state index >= 15 is 0 Å². The van der Waals surface area contributed by atoms with Crippen LogP contribution in [0.25, 0.3) is 27.1 Å². The lowest BCUT2D eigenvalue weighted by atomic mass is 10.0. The van der Waals surface area contributed by atoms with Crippen molar-refractivity contribution in [2.24, 2.45) is 0 Å². The molecule has 0 atom stereocenters. The van der Waals surface area contributed by atoms with Crippen molar-refractivity contribution in [3.05, 3.63) is 78.4 Å². The molecule has 0 saturated carbocycles. The number of nitrogens with one attached hydrogen (secondary N) is 1. The molecule has 0 unspecified atom stereocenters. The van der Waals surface area contributed by atoms with Gasteiger partial charge in [-0.25, -0.2) is 4.98 Å². The molecule has 1 aromatic heterocycles. The normalized spacial score (nSPS) is 11.3. The smallest absolute Gasteiger partial charge is 0.250 e. The van der Waals surface area contributed by atoms with Crippen molar-refractivity contribution >= 4 is 49.4 Å². The van der Waals surface area contributed by atoms with Gasteiger partial charge in [-0.15, -0.1) is 0 Å². The molecular weight excluding hydrogens is 316 g/mol. The third-order valence-electron chi connectivity index (χ3n) is 3.76. The van der Waals surface area contributed by atoms with Crippen molar-refractivity contribution < 1.29 is 4.79 Å². The zero-order chi connectivity index (χ0) is 16.4. The van der Waals surface area contributed by atoms with Crippen LogP contribution < -0.4 is 5.32 Å². The summed E-state index contributed by atoms with van der Waals surface area (Å²) in [5.41, 5.74) is 1.92. The molecule has 3 aromatic carbocycles. The van der Waals surface area contributed by atoms with E-state index in [4.69, 9.17) is 0 Å². The van der Waals surface area contributed by atoms with Crippen molar-refractivity contribution in [2.45, 2.75) is 0 Å². The van der Waals surface area contributed by atoms with E-state index in [9.17, 15) is 4.79 Å². The van der Waals surface area contributed by atoms with Crippen LogP contribution in [0.2, 0.25) is 0 Å². The van der Waals surface area contributed by atoms with E-state index < -0.39 is 0 Å². The number of nitrogens with zero attached hydrogens (tertiary/aromatic N) is 1. The Morgan fingerprint density at radius 3 is 2.67 bits per heavy atom. The second-order valence-corrected chi connectivity index (χ2v) is 6.41. The van der Waals surface area contributed by atoms with Crippen LogP contribution in [0.4, 0.5) is 5.13 Å². The molecule has 3 nitrogen and oxygen atoms in total. The third-order valence-corrected chi connectivity index (χ3v) is 4.71. The fourth-order valence-corrected chi connectivity index (χ4v) is 3.50. The lowest BCUT2D eigenvalue weighted by Gasteiger charge is -2.01.